The second-order valence-electron chi connectivity index (χ2n) is 4.34. The predicted octanol–water partition coefficient (Wildman–Crippen LogP) is 4.01. The van der Waals surface area contributed by atoms with Gasteiger partial charge in [0.05, 0.1) is 12.0 Å². The summed E-state index contributed by atoms with van der Waals surface area (Å²) in [7, 11) is 0. The average Bonchev–Trinajstić information content (AvgIpc) is 2.42. The molecule has 3 heteroatoms. The van der Waals surface area contributed by atoms with Crippen molar-refractivity contribution < 1.29 is 9.47 Å². The van der Waals surface area contributed by atoms with Gasteiger partial charge in [-0.05, 0) is 37.5 Å². The van der Waals surface area contributed by atoms with Crippen LogP contribution in [0.5, 0.6) is 5.75 Å². The second kappa shape index (κ2) is 9.72. The van der Waals surface area contributed by atoms with Crippen molar-refractivity contribution in [3.8, 4) is 17.8 Å². The van der Waals surface area contributed by atoms with E-state index in [1.54, 1.807) is 0 Å². The highest BCUT2D eigenvalue weighted by molar-refractivity contribution is 6.20. The molecule has 1 unspecified atom stereocenters. The Morgan fingerprint density at radius 3 is 2.63 bits per heavy atom. The van der Waals surface area contributed by atoms with E-state index >= 15 is 0 Å². The topological polar surface area (TPSA) is 18.5 Å². The Hall–Kier alpha value is -1.17. The van der Waals surface area contributed by atoms with Crippen LogP contribution in [0.3, 0.4) is 0 Å². The number of hydrogen-bond acceptors (Lipinski definition) is 2. The highest BCUT2D eigenvalue weighted by atomic mass is 35.5. The molecule has 0 aliphatic rings. The lowest BCUT2D eigenvalue weighted by Crippen LogP contribution is -2.05. The van der Waals surface area contributed by atoms with Crippen LogP contribution in [0.4, 0.5) is 0 Å². The fourth-order valence-electron chi connectivity index (χ4n) is 1.45. The van der Waals surface area contributed by atoms with E-state index < -0.39 is 0 Å². The fourth-order valence-corrected chi connectivity index (χ4v) is 1.54. The first-order chi connectivity index (χ1) is 9.22. The molecule has 0 amide bonds. The molecule has 1 atom stereocenters. The Morgan fingerprint density at radius 2 is 2.00 bits per heavy atom. The molecule has 0 N–H and O–H groups in total. The van der Waals surface area contributed by atoms with Crippen molar-refractivity contribution in [2.24, 2.45) is 0 Å². The van der Waals surface area contributed by atoms with Crippen molar-refractivity contribution in [2.75, 3.05) is 13.2 Å². The van der Waals surface area contributed by atoms with Crippen LogP contribution in [0.25, 0.3) is 0 Å². The van der Waals surface area contributed by atoms with Crippen LogP contribution in [-0.4, -0.2) is 18.6 Å². The first kappa shape index (κ1) is 15.9. The van der Waals surface area contributed by atoms with Crippen LogP contribution in [-0.2, 0) is 11.2 Å². The van der Waals surface area contributed by atoms with Gasteiger partial charge >= 0.3 is 0 Å². The number of hydrogen-bond donors (Lipinski definition) is 0. The Labute approximate surface area is 121 Å². The number of benzene rings is 1. The molecule has 1 aromatic rings. The van der Waals surface area contributed by atoms with Gasteiger partial charge < -0.3 is 9.47 Å². The molecule has 0 spiro atoms. The molecule has 0 bridgehead atoms. The summed E-state index contributed by atoms with van der Waals surface area (Å²) in [5, 5.41) is 0.0699. The lowest BCUT2D eigenvalue weighted by molar-refractivity contribution is 0.135. The lowest BCUT2D eigenvalue weighted by Gasteiger charge is -2.03. The van der Waals surface area contributed by atoms with Crippen LogP contribution in [0, 0.1) is 12.0 Å². The monoisotopic (exact) mass is 280 g/mol. The molecular formula is C16H21ClO2. The molecule has 0 saturated heterocycles. The predicted molar refractivity (Wildman–Crippen MR) is 79.6 cm³/mol. The third-order valence-electron chi connectivity index (χ3n) is 2.51. The minimum Gasteiger partial charge on any atom is -0.408 e. The van der Waals surface area contributed by atoms with Gasteiger partial charge in [0, 0.05) is 13.0 Å². The van der Waals surface area contributed by atoms with Crippen LogP contribution >= 0.6 is 11.6 Å². The first-order valence-electron chi connectivity index (χ1n) is 6.67. The van der Waals surface area contributed by atoms with Crippen LogP contribution in [0.15, 0.2) is 24.3 Å². The number of ether oxygens (including phenoxy) is 2. The number of unbranched alkanes of at least 4 members (excludes halogenated alkanes) is 1. The summed E-state index contributed by atoms with van der Waals surface area (Å²) >= 11 is 5.76. The van der Waals surface area contributed by atoms with Crippen molar-refractivity contribution in [1.82, 2.24) is 0 Å². The summed E-state index contributed by atoms with van der Waals surface area (Å²) in [6.45, 7) is 5.33. The van der Waals surface area contributed by atoms with Crippen molar-refractivity contribution in [2.45, 2.75) is 38.5 Å². The summed E-state index contributed by atoms with van der Waals surface area (Å²) in [6.07, 6.45) is 5.41. The molecule has 0 radical (unpaired) electrons. The quantitative estimate of drug-likeness (QED) is 0.427. The van der Waals surface area contributed by atoms with Gasteiger partial charge in [0.25, 0.3) is 0 Å². The number of alkyl halides is 1. The maximum atomic E-state index is 5.76. The Balaban J connectivity index is 2.13. The van der Waals surface area contributed by atoms with Gasteiger partial charge in [0.15, 0.2) is 0 Å². The van der Waals surface area contributed by atoms with Gasteiger partial charge in [-0.25, -0.2) is 0 Å². The molecule has 0 aliphatic heterocycles. The van der Waals surface area contributed by atoms with Gasteiger partial charge in [0.2, 0.25) is 0 Å². The molecule has 104 valence electrons. The Bertz CT molecular complexity index is 401. The molecule has 0 aromatic heterocycles. The molecule has 0 fully saturated rings. The van der Waals surface area contributed by atoms with Gasteiger partial charge in [-0.3, -0.25) is 0 Å². The zero-order chi connectivity index (χ0) is 13.9. The number of halogens is 1. The molecule has 0 saturated carbocycles. The summed E-state index contributed by atoms with van der Waals surface area (Å²) in [5.74, 6) is 3.75. The van der Waals surface area contributed by atoms with E-state index in [1.165, 1.54) is 5.56 Å². The minimum atomic E-state index is 0.0699. The number of rotatable bonds is 7. The first-order valence-corrected chi connectivity index (χ1v) is 7.11. The van der Waals surface area contributed by atoms with E-state index in [-0.39, 0.29) is 5.38 Å². The van der Waals surface area contributed by atoms with E-state index in [4.69, 9.17) is 21.1 Å². The summed E-state index contributed by atoms with van der Waals surface area (Å²) in [6, 6.07) is 7.99. The molecular weight excluding hydrogens is 260 g/mol. The Morgan fingerprint density at radius 1 is 1.26 bits per heavy atom. The highest BCUT2D eigenvalue weighted by Gasteiger charge is 1.94. The van der Waals surface area contributed by atoms with Crippen LogP contribution in [0.2, 0.25) is 0 Å². The fraction of sp³-hybridized carbons (Fsp3) is 0.500. The zero-order valence-electron chi connectivity index (χ0n) is 11.6. The molecule has 1 aromatic carbocycles. The van der Waals surface area contributed by atoms with E-state index in [1.807, 2.05) is 19.1 Å². The lowest BCUT2D eigenvalue weighted by atomic mass is 10.2. The van der Waals surface area contributed by atoms with Gasteiger partial charge in [-0.2, -0.15) is 0 Å². The third-order valence-corrected chi connectivity index (χ3v) is 2.64. The maximum absolute atomic E-state index is 5.76. The summed E-state index contributed by atoms with van der Waals surface area (Å²) in [4.78, 5) is 0. The van der Waals surface area contributed by atoms with E-state index in [2.05, 4.69) is 31.1 Å². The average molecular weight is 281 g/mol. The van der Waals surface area contributed by atoms with E-state index in [9.17, 15) is 0 Å². The molecule has 0 heterocycles. The van der Waals surface area contributed by atoms with E-state index in [0.29, 0.717) is 13.2 Å². The van der Waals surface area contributed by atoms with Crippen LogP contribution in [0.1, 0.15) is 32.3 Å². The number of aryl methyl sites for hydroxylation is 1. The van der Waals surface area contributed by atoms with Crippen LogP contribution < -0.4 is 4.74 Å². The van der Waals surface area contributed by atoms with Crippen molar-refractivity contribution >= 4 is 11.6 Å². The van der Waals surface area contributed by atoms with Gasteiger partial charge in [-0.15, -0.1) is 11.6 Å². The molecule has 1 rings (SSSR count). The van der Waals surface area contributed by atoms with Crippen molar-refractivity contribution in [1.29, 1.82) is 0 Å². The SMILES string of the molecule is CCc1ccc(OC#CCCCOCC(C)Cl)cc1. The molecule has 2 nitrogen and oxygen atoms in total. The summed E-state index contributed by atoms with van der Waals surface area (Å²) < 4.78 is 10.7. The summed E-state index contributed by atoms with van der Waals surface area (Å²) in [5.41, 5.74) is 1.30. The highest BCUT2D eigenvalue weighted by Crippen LogP contribution is 2.11. The Kier molecular flexibility index (Phi) is 8.13. The normalized spacial score (nSPS) is 11.5. The third kappa shape index (κ3) is 7.77. The smallest absolute Gasteiger partial charge is 0.140 e. The van der Waals surface area contributed by atoms with Gasteiger partial charge in [0.1, 0.15) is 11.9 Å². The second-order valence-corrected chi connectivity index (χ2v) is 5.08. The van der Waals surface area contributed by atoms with Crippen molar-refractivity contribution in [3.63, 3.8) is 0 Å². The molecule has 0 aliphatic carbocycles. The van der Waals surface area contributed by atoms with E-state index in [0.717, 1.165) is 25.0 Å². The molecule has 19 heavy (non-hydrogen) atoms. The maximum Gasteiger partial charge on any atom is 0.140 e. The van der Waals surface area contributed by atoms with Gasteiger partial charge in [-0.1, -0.05) is 25.0 Å². The minimum absolute atomic E-state index is 0.0699. The zero-order valence-corrected chi connectivity index (χ0v) is 12.4. The van der Waals surface area contributed by atoms with Crippen molar-refractivity contribution in [3.05, 3.63) is 29.8 Å². The standard InChI is InChI=1S/C16H21ClO2/c1-3-15-7-9-16(10-8-15)19-12-6-4-5-11-18-13-14(2)17/h7-10,14H,3-5,11,13H2,1-2H3. The largest absolute Gasteiger partial charge is 0.408 e.